The van der Waals surface area contributed by atoms with Gasteiger partial charge in [0.2, 0.25) is 11.8 Å². The topological polar surface area (TPSA) is 49.9 Å². The molecule has 210 valence electrons. The normalized spacial score (nSPS) is 18.2. The fraction of sp³-hybridized carbons (Fsp3) is 0.353. The van der Waals surface area contributed by atoms with Crippen molar-refractivity contribution in [3.05, 3.63) is 114 Å². The fourth-order valence-corrected chi connectivity index (χ4v) is 5.21. The van der Waals surface area contributed by atoms with E-state index in [1.807, 2.05) is 71.6 Å². The maximum absolute atomic E-state index is 14.6. The van der Waals surface area contributed by atoms with Gasteiger partial charge in [-0.05, 0) is 47.4 Å². The molecule has 5 nitrogen and oxygen atoms in total. The molecule has 6 heteroatoms. The van der Waals surface area contributed by atoms with E-state index in [1.54, 1.807) is 24.1 Å². The number of hydrogen-bond acceptors (Lipinski definition) is 3. The lowest BCUT2D eigenvalue weighted by atomic mass is 9.96. The molecule has 4 rings (SSSR count). The average Bonchev–Trinajstić information content (AvgIpc) is 2.98. The van der Waals surface area contributed by atoms with E-state index in [9.17, 15) is 14.0 Å². The molecule has 0 bridgehead atoms. The third-order valence-corrected chi connectivity index (χ3v) is 7.46. The van der Waals surface area contributed by atoms with Gasteiger partial charge in [-0.3, -0.25) is 9.59 Å². The van der Waals surface area contributed by atoms with Crippen LogP contribution in [0.15, 0.2) is 91.0 Å². The Hall–Kier alpha value is -3.93. The van der Waals surface area contributed by atoms with Gasteiger partial charge in [-0.2, -0.15) is 0 Å². The number of ether oxygens (including phenoxy) is 1. The highest BCUT2D eigenvalue weighted by molar-refractivity contribution is 5.89. The number of nitrogens with zero attached hydrogens (tertiary/aromatic N) is 2. The van der Waals surface area contributed by atoms with Crippen LogP contribution in [-0.4, -0.2) is 41.3 Å². The molecule has 0 saturated heterocycles. The lowest BCUT2D eigenvalue weighted by Crippen LogP contribution is -2.53. The second-order valence-electron chi connectivity index (χ2n) is 10.3. The zero-order valence-electron chi connectivity index (χ0n) is 23.5. The molecule has 0 aromatic heterocycles. The third-order valence-electron chi connectivity index (χ3n) is 7.46. The Bertz CT molecular complexity index is 1260. The molecule has 1 unspecified atom stereocenters. The van der Waals surface area contributed by atoms with Crippen LogP contribution < -0.4 is 4.74 Å². The Labute approximate surface area is 237 Å². The van der Waals surface area contributed by atoms with Crippen molar-refractivity contribution in [1.82, 2.24) is 9.80 Å². The summed E-state index contributed by atoms with van der Waals surface area (Å²) in [6.07, 6.45) is 8.85. The van der Waals surface area contributed by atoms with Crippen molar-refractivity contribution in [2.45, 2.75) is 64.1 Å². The van der Waals surface area contributed by atoms with E-state index < -0.39 is 6.04 Å². The molecule has 0 N–H and O–H groups in total. The first kappa shape index (κ1) is 29.1. The van der Waals surface area contributed by atoms with E-state index in [1.165, 1.54) is 12.1 Å². The zero-order chi connectivity index (χ0) is 28.3. The summed E-state index contributed by atoms with van der Waals surface area (Å²) in [6.45, 7) is 2.80. The van der Waals surface area contributed by atoms with E-state index in [0.717, 1.165) is 48.1 Å². The largest absolute Gasteiger partial charge is 0.497 e. The SMILES string of the molecule is CCCCCCC(=O)N1C/C=C\C(c2ccc(OC)cc2)N(Cc2ccc(F)cc2)C(=O)[C@@H]1Cc1ccccc1. The highest BCUT2D eigenvalue weighted by Gasteiger charge is 2.36. The molecule has 2 amide bonds. The van der Waals surface area contributed by atoms with Gasteiger partial charge in [-0.15, -0.1) is 0 Å². The molecule has 0 saturated carbocycles. The molecule has 0 radical (unpaired) electrons. The summed E-state index contributed by atoms with van der Waals surface area (Å²) in [7, 11) is 1.62. The minimum Gasteiger partial charge on any atom is -0.497 e. The fourth-order valence-electron chi connectivity index (χ4n) is 5.21. The summed E-state index contributed by atoms with van der Waals surface area (Å²) in [4.78, 5) is 31.7. The van der Waals surface area contributed by atoms with Gasteiger partial charge in [0.05, 0.1) is 13.2 Å². The lowest BCUT2D eigenvalue weighted by Gasteiger charge is -2.39. The summed E-state index contributed by atoms with van der Waals surface area (Å²) >= 11 is 0. The number of halogens is 1. The van der Waals surface area contributed by atoms with Crippen LogP contribution in [0.1, 0.15) is 61.8 Å². The number of rotatable bonds is 11. The summed E-state index contributed by atoms with van der Waals surface area (Å²) in [5.74, 6) is 0.285. The van der Waals surface area contributed by atoms with E-state index in [4.69, 9.17) is 4.74 Å². The molecular weight excluding hydrogens is 503 g/mol. The molecule has 3 aromatic rings. The van der Waals surface area contributed by atoms with Crippen molar-refractivity contribution < 1.29 is 18.7 Å². The maximum atomic E-state index is 14.6. The molecule has 0 spiro atoms. The quantitative estimate of drug-likeness (QED) is 0.196. The smallest absolute Gasteiger partial charge is 0.246 e. The van der Waals surface area contributed by atoms with Crippen molar-refractivity contribution in [2.24, 2.45) is 0 Å². The van der Waals surface area contributed by atoms with Gasteiger partial charge in [0.1, 0.15) is 17.6 Å². The molecule has 2 atom stereocenters. The first-order valence-corrected chi connectivity index (χ1v) is 14.2. The number of unbranched alkanes of at least 4 members (excludes halogenated alkanes) is 3. The Kier molecular flexibility index (Phi) is 10.5. The van der Waals surface area contributed by atoms with Crippen LogP contribution in [0.4, 0.5) is 4.39 Å². The standard InChI is InChI=1S/C34H39FN2O3/c1-3-4-5-9-14-33(38)36-23-10-13-31(28-17-21-30(40-2)22-18-28)37(25-27-15-19-29(35)20-16-27)34(39)32(36)24-26-11-7-6-8-12-26/h6-8,10-13,15-22,31-32H,3-5,9,14,23-25H2,1-2H3/b13-10-/t31?,32-/m0/s1. The number of amides is 2. The van der Waals surface area contributed by atoms with E-state index in [-0.39, 0.29) is 30.2 Å². The Morgan fingerprint density at radius 1 is 0.925 bits per heavy atom. The van der Waals surface area contributed by atoms with Crippen molar-refractivity contribution in [3.8, 4) is 5.75 Å². The number of carbonyl (C=O) groups is 2. The van der Waals surface area contributed by atoms with Gasteiger partial charge >= 0.3 is 0 Å². The van der Waals surface area contributed by atoms with Gasteiger partial charge in [0.15, 0.2) is 0 Å². The van der Waals surface area contributed by atoms with Crippen LogP contribution in [0, 0.1) is 5.82 Å². The molecule has 40 heavy (non-hydrogen) atoms. The van der Waals surface area contributed by atoms with Gasteiger partial charge < -0.3 is 14.5 Å². The predicted octanol–water partition coefficient (Wildman–Crippen LogP) is 6.88. The highest BCUT2D eigenvalue weighted by Crippen LogP contribution is 2.30. The monoisotopic (exact) mass is 542 g/mol. The second-order valence-corrected chi connectivity index (χ2v) is 10.3. The number of benzene rings is 3. The van der Waals surface area contributed by atoms with Gasteiger partial charge in [-0.1, -0.05) is 92.9 Å². The van der Waals surface area contributed by atoms with Crippen molar-refractivity contribution in [2.75, 3.05) is 13.7 Å². The lowest BCUT2D eigenvalue weighted by molar-refractivity contribution is -0.147. The van der Waals surface area contributed by atoms with E-state index in [2.05, 4.69) is 6.92 Å². The number of hydrogen-bond donors (Lipinski definition) is 0. The Morgan fingerprint density at radius 2 is 1.65 bits per heavy atom. The van der Waals surface area contributed by atoms with Crippen LogP contribution in [0.5, 0.6) is 5.75 Å². The van der Waals surface area contributed by atoms with Crippen molar-refractivity contribution >= 4 is 11.8 Å². The predicted molar refractivity (Wildman–Crippen MR) is 156 cm³/mol. The highest BCUT2D eigenvalue weighted by atomic mass is 19.1. The minimum atomic E-state index is -0.660. The number of carbonyl (C=O) groups excluding carboxylic acids is 2. The molecule has 0 fully saturated rings. The average molecular weight is 543 g/mol. The zero-order valence-corrected chi connectivity index (χ0v) is 23.5. The minimum absolute atomic E-state index is 0.000311. The Morgan fingerprint density at radius 3 is 2.33 bits per heavy atom. The van der Waals surface area contributed by atoms with Crippen LogP contribution >= 0.6 is 0 Å². The number of methoxy groups -OCH3 is 1. The Balaban J connectivity index is 1.73. The van der Waals surface area contributed by atoms with Gasteiger partial charge in [0, 0.05) is 25.9 Å². The second kappa shape index (κ2) is 14.5. The van der Waals surface area contributed by atoms with Gasteiger partial charge in [0.25, 0.3) is 0 Å². The van der Waals surface area contributed by atoms with Crippen LogP contribution in [-0.2, 0) is 22.6 Å². The molecular formula is C34H39FN2O3. The third kappa shape index (κ3) is 7.59. The van der Waals surface area contributed by atoms with E-state index >= 15 is 0 Å². The summed E-state index contributed by atoms with van der Waals surface area (Å²) < 4.78 is 19.1. The van der Waals surface area contributed by atoms with Crippen molar-refractivity contribution in [1.29, 1.82) is 0 Å². The first-order chi connectivity index (χ1) is 19.5. The van der Waals surface area contributed by atoms with E-state index in [0.29, 0.717) is 19.4 Å². The van der Waals surface area contributed by atoms with Crippen LogP contribution in [0.25, 0.3) is 0 Å². The van der Waals surface area contributed by atoms with Crippen LogP contribution in [0.2, 0.25) is 0 Å². The maximum Gasteiger partial charge on any atom is 0.246 e. The van der Waals surface area contributed by atoms with Gasteiger partial charge in [-0.25, -0.2) is 4.39 Å². The van der Waals surface area contributed by atoms with Crippen molar-refractivity contribution in [3.63, 3.8) is 0 Å². The molecule has 1 aliphatic rings. The molecule has 0 aliphatic carbocycles. The molecule has 1 heterocycles. The van der Waals surface area contributed by atoms with Crippen LogP contribution in [0.3, 0.4) is 0 Å². The first-order valence-electron chi connectivity index (χ1n) is 14.2. The summed E-state index contributed by atoms with van der Waals surface area (Å²) in [5.41, 5.74) is 2.75. The molecule has 3 aromatic carbocycles. The summed E-state index contributed by atoms with van der Waals surface area (Å²) in [6, 6.07) is 22.8. The molecule has 1 aliphatic heterocycles. The summed E-state index contributed by atoms with van der Waals surface area (Å²) in [5, 5.41) is 0.